The van der Waals surface area contributed by atoms with Crippen LogP contribution in [0.1, 0.15) is 38.3 Å². The Morgan fingerprint density at radius 3 is 2.86 bits per heavy atom. The molecule has 4 nitrogen and oxygen atoms in total. The Bertz CT molecular complexity index is 596. The van der Waals surface area contributed by atoms with E-state index in [1.807, 2.05) is 39.8 Å². The van der Waals surface area contributed by atoms with E-state index >= 15 is 0 Å². The second-order valence-electron chi connectivity index (χ2n) is 6.66. The third-order valence-electron chi connectivity index (χ3n) is 3.88. The van der Waals surface area contributed by atoms with Crippen molar-refractivity contribution in [2.24, 2.45) is 0 Å². The van der Waals surface area contributed by atoms with E-state index in [1.54, 1.807) is 4.90 Å². The maximum atomic E-state index is 12.7. The summed E-state index contributed by atoms with van der Waals surface area (Å²) in [6, 6.07) is 6.09. The minimum atomic E-state index is -0.532. The van der Waals surface area contributed by atoms with Crippen LogP contribution in [-0.2, 0) is 13.8 Å². The van der Waals surface area contributed by atoms with Crippen molar-refractivity contribution in [2.45, 2.75) is 50.3 Å². The molecule has 5 heteroatoms. The Morgan fingerprint density at radius 1 is 1.48 bits per heavy atom. The number of hydrogen-bond acceptors (Lipinski definition) is 3. The van der Waals surface area contributed by atoms with Crippen molar-refractivity contribution in [1.29, 1.82) is 0 Å². The number of ether oxygens (including phenoxy) is 2. The first kappa shape index (κ1) is 14.9. The first-order valence-electron chi connectivity index (χ1n) is 7.17. The fourth-order valence-corrected chi connectivity index (χ4v) is 3.87. The normalized spacial score (nSPS) is 27.5. The van der Waals surface area contributed by atoms with Crippen molar-refractivity contribution in [2.75, 3.05) is 11.5 Å². The zero-order valence-corrected chi connectivity index (χ0v) is 14.4. The molecule has 0 unspecified atom stereocenters. The molecule has 1 aromatic rings. The van der Waals surface area contributed by atoms with Crippen LogP contribution in [0.25, 0.3) is 0 Å². The van der Waals surface area contributed by atoms with Gasteiger partial charge in [-0.3, -0.25) is 0 Å². The zero-order valence-electron chi connectivity index (χ0n) is 12.8. The van der Waals surface area contributed by atoms with E-state index in [4.69, 9.17) is 9.47 Å². The van der Waals surface area contributed by atoms with Crippen LogP contribution in [0.5, 0.6) is 0 Å². The van der Waals surface area contributed by atoms with Gasteiger partial charge in [-0.1, -0.05) is 34.1 Å². The number of rotatable bonds is 0. The second kappa shape index (κ2) is 4.71. The van der Waals surface area contributed by atoms with Gasteiger partial charge in [-0.05, 0) is 45.2 Å². The van der Waals surface area contributed by atoms with Gasteiger partial charge in [0.25, 0.3) is 0 Å². The van der Waals surface area contributed by atoms with Crippen molar-refractivity contribution in [3.63, 3.8) is 0 Å². The Hall–Kier alpha value is -1.07. The molecule has 21 heavy (non-hydrogen) atoms. The van der Waals surface area contributed by atoms with Gasteiger partial charge in [0, 0.05) is 0 Å². The summed E-state index contributed by atoms with van der Waals surface area (Å²) in [5, 5.41) is 0. The van der Waals surface area contributed by atoms with Gasteiger partial charge in [-0.25, -0.2) is 9.69 Å². The lowest BCUT2D eigenvalue weighted by atomic mass is 9.97. The van der Waals surface area contributed by atoms with Crippen molar-refractivity contribution in [3.05, 3.63) is 29.3 Å². The minimum Gasteiger partial charge on any atom is -0.443 e. The second-order valence-corrected chi connectivity index (χ2v) is 8.07. The van der Waals surface area contributed by atoms with Crippen LogP contribution in [0, 0.1) is 6.92 Å². The Labute approximate surface area is 133 Å². The average Bonchev–Trinajstić information content (AvgIpc) is 2.82. The Morgan fingerprint density at radius 2 is 2.19 bits per heavy atom. The summed E-state index contributed by atoms with van der Waals surface area (Å²) in [7, 11) is 0. The monoisotopic (exact) mass is 353 g/mol. The van der Waals surface area contributed by atoms with Crippen molar-refractivity contribution in [1.82, 2.24) is 0 Å². The van der Waals surface area contributed by atoms with E-state index in [9.17, 15) is 4.79 Å². The number of carbonyl (C=O) groups is 1. The predicted octanol–water partition coefficient (Wildman–Crippen LogP) is 4.09. The van der Waals surface area contributed by atoms with Crippen LogP contribution >= 0.6 is 15.9 Å². The van der Waals surface area contributed by atoms with E-state index in [2.05, 4.69) is 22.0 Å². The molecule has 3 rings (SSSR count). The maximum absolute atomic E-state index is 12.7. The first-order chi connectivity index (χ1) is 9.74. The molecule has 114 valence electrons. The average molecular weight is 354 g/mol. The summed E-state index contributed by atoms with van der Waals surface area (Å²) in [6.45, 7) is 8.25. The zero-order chi connectivity index (χ0) is 15.4. The number of benzene rings is 1. The van der Waals surface area contributed by atoms with Crippen LogP contribution in [0.3, 0.4) is 0 Å². The number of aryl methyl sites for hydroxylation is 1. The highest BCUT2D eigenvalue weighted by atomic mass is 79.9. The third kappa shape index (κ3) is 2.27. The molecule has 0 saturated carbocycles. The van der Waals surface area contributed by atoms with Crippen LogP contribution in [0.4, 0.5) is 10.5 Å². The summed E-state index contributed by atoms with van der Waals surface area (Å²) >= 11 is 3.82. The number of fused-ring (bicyclic) bond motifs is 3. The molecule has 2 aliphatic heterocycles. The summed E-state index contributed by atoms with van der Waals surface area (Å²) in [4.78, 5) is 14.3. The Balaban J connectivity index is 2.08. The molecule has 1 saturated heterocycles. The van der Waals surface area contributed by atoms with Gasteiger partial charge >= 0.3 is 6.09 Å². The summed E-state index contributed by atoms with van der Waals surface area (Å²) in [5.41, 5.74) is 2.54. The lowest BCUT2D eigenvalue weighted by molar-refractivity contribution is 0.0410. The van der Waals surface area contributed by atoms with Gasteiger partial charge in [0.05, 0.1) is 12.3 Å². The third-order valence-corrected chi connectivity index (χ3v) is 5.10. The lowest BCUT2D eigenvalue weighted by Crippen LogP contribution is -2.45. The van der Waals surface area contributed by atoms with E-state index < -0.39 is 5.60 Å². The van der Waals surface area contributed by atoms with Crippen molar-refractivity contribution in [3.8, 4) is 0 Å². The molecule has 1 fully saturated rings. The molecular weight excluding hydrogens is 334 g/mol. The molecule has 0 radical (unpaired) electrons. The number of anilines is 1. The fraction of sp³-hybridized carbons (Fsp3) is 0.562. The topological polar surface area (TPSA) is 38.8 Å². The molecule has 2 heterocycles. The standard InChI is InChI=1S/C16H20BrNO3/c1-10-6-5-7-11-12(10)18(14(19)21-15(2,3)4)13-16(11,17)8-9-20-13/h5-7,13H,8-9H2,1-4H3/t13-,16+/m0/s1. The van der Waals surface area contributed by atoms with Gasteiger partial charge in [0.15, 0.2) is 6.23 Å². The molecule has 0 aliphatic carbocycles. The van der Waals surface area contributed by atoms with Crippen LogP contribution < -0.4 is 4.90 Å². The van der Waals surface area contributed by atoms with E-state index in [0.717, 1.165) is 23.2 Å². The molecule has 1 aromatic carbocycles. The van der Waals surface area contributed by atoms with Crippen LogP contribution in [-0.4, -0.2) is 24.5 Å². The largest absolute Gasteiger partial charge is 0.443 e. The van der Waals surface area contributed by atoms with Crippen LogP contribution in [0.2, 0.25) is 0 Å². The quantitative estimate of drug-likeness (QED) is 0.659. The molecule has 1 amide bonds. The summed E-state index contributed by atoms with van der Waals surface area (Å²) < 4.78 is 11.1. The SMILES string of the molecule is Cc1cccc2c1N(C(=O)OC(C)(C)C)[C@H]1OCC[C@@]21Br. The van der Waals surface area contributed by atoms with Gasteiger partial charge in [-0.2, -0.15) is 0 Å². The van der Waals surface area contributed by atoms with Gasteiger partial charge in [0.2, 0.25) is 0 Å². The number of carbonyl (C=O) groups excluding carboxylic acids is 1. The highest BCUT2D eigenvalue weighted by Crippen LogP contribution is 2.56. The number of para-hydroxylation sites is 1. The molecule has 0 spiro atoms. The van der Waals surface area contributed by atoms with Gasteiger partial charge in [0.1, 0.15) is 9.93 Å². The smallest absolute Gasteiger partial charge is 0.417 e. The van der Waals surface area contributed by atoms with Crippen molar-refractivity contribution >= 4 is 27.7 Å². The molecule has 2 aliphatic rings. The molecule has 0 bridgehead atoms. The number of halogens is 1. The number of amides is 1. The van der Waals surface area contributed by atoms with Crippen molar-refractivity contribution < 1.29 is 14.3 Å². The predicted molar refractivity (Wildman–Crippen MR) is 84.9 cm³/mol. The highest BCUT2D eigenvalue weighted by molar-refractivity contribution is 9.09. The molecule has 2 atom stereocenters. The van der Waals surface area contributed by atoms with Gasteiger partial charge in [-0.15, -0.1) is 0 Å². The molecule has 0 N–H and O–H groups in total. The summed E-state index contributed by atoms with van der Waals surface area (Å²) in [5.74, 6) is 0. The number of nitrogens with zero attached hydrogens (tertiary/aromatic N) is 1. The van der Waals surface area contributed by atoms with E-state index in [0.29, 0.717) is 6.61 Å². The van der Waals surface area contributed by atoms with Crippen LogP contribution in [0.15, 0.2) is 18.2 Å². The molecular formula is C16H20BrNO3. The molecule has 0 aromatic heterocycles. The minimum absolute atomic E-state index is 0.328. The Kier molecular flexibility index (Phi) is 3.33. The van der Waals surface area contributed by atoms with E-state index in [1.165, 1.54) is 0 Å². The van der Waals surface area contributed by atoms with Gasteiger partial charge < -0.3 is 9.47 Å². The highest BCUT2D eigenvalue weighted by Gasteiger charge is 2.56. The first-order valence-corrected chi connectivity index (χ1v) is 7.96. The lowest BCUT2D eigenvalue weighted by Gasteiger charge is -2.30. The number of hydrogen-bond donors (Lipinski definition) is 0. The van der Waals surface area contributed by atoms with E-state index in [-0.39, 0.29) is 16.6 Å². The number of alkyl halides is 1. The maximum Gasteiger partial charge on any atom is 0.417 e. The fourth-order valence-electron chi connectivity index (χ4n) is 3.05. The summed E-state index contributed by atoms with van der Waals surface area (Å²) in [6.07, 6.45) is 0.141.